The molecule has 1 fully saturated rings. The van der Waals surface area contributed by atoms with Crippen LogP contribution < -0.4 is 5.56 Å². The summed E-state index contributed by atoms with van der Waals surface area (Å²) in [5.74, 6) is 1.00. The fraction of sp³-hybridized carbons (Fsp3) is 0.333. The molecule has 0 unspecified atom stereocenters. The van der Waals surface area contributed by atoms with E-state index in [-0.39, 0.29) is 17.2 Å². The van der Waals surface area contributed by atoms with Crippen molar-refractivity contribution >= 4 is 16.9 Å². The Morgan fingerprint density at radius 3 is 2.72 bits per heavy atom. The molecule has 1 aliphatic heterocycles. The van der Waals surface area contributed by atoms with Crippen LogP contribution in [0.4, 0.5) is 0 Å². The molecule has 1 amide bonds. The zero-order valence-corrected chi connectivity index (χ0v) is 14.0. The predicted octanol–water partition coefficient (Wildman–Crippen LogP) is 1.68. The fourth-order valence-electron chi connectivity index (χ4n) is 3.42. The average molecular weight is 337 g/mol. The number of piperidine rings is 1. The number of imidazole rings is 1. The van der Waals surface area contributed by atoms with Crippen molar-refractivity contribution in [3.63, 3.8) is 0 Å². The maximum Gasteiger partial charge on any atom is 0.282 e. The van der Waals surface area contributed by atoms with Gasteiger partial charge in [0.05, 0.1) is 11.0 Å². The van der Waals surface area contributed by atoms with Crippen LogP contribution in [0.5, 0.6) is 0 Å². The van der Waals surface area contributed by atoms with Crippen molar-refractivity contribution in [2.45, 2.75) is 18.8 Å². The van der Waals surface area contributed by atoms with Gasteiger partial charge in [-0.25, -0.2) is 9.97 Å². The number of fused-ring (bicyclic) bond motifs is 1. The molecular formula is C18H19N5O2. The Bertz CT molecular complexity index is 969. The molecule has 0 aliphatic carbocycles. The summed E-state index contributed by atoms with van der Waals surface area (Å²) in [6, 6.07) is 7.34. The second-order valence-electron chi connectivity index (χ2n) is 6.35. The highest BCUT2D eigenvalue weighted by Crippen LogP contribution is 2.25. The Morgan fingerprint density at radius 2 is 2.00 bits per heavy atom. The van der Waals surface area contributed by atoms with Crippen molar-refractivity contribution in [2.75, 3.05) is 13.1 Å². The quantitative estimate of drug-likeness (QED) is 0.771. The molecule has 1 N–H and O–H groups in total. The summed E-state index contributed by atoms with van der Waals surface area (Å²) in [6.45, 7) is 1.20. The van der Waals surface area contributed by atoms with Crippen LogP contribution in [0, 0.1) is 0 Å². The molecular weight excluding hydrogens is 318 g/mol. The Hall–Kier alpha value is -2.96. The number of hydrogen-bond acceptors (Lipinski definition) is 4. The van der Waals surface area contributed by atoms with E-state index in [2.05, 4.69) is 15.0 Å². The lowest BCUT2D eigenvalue weighted by Crippen LogP contribution is -2.41. The third kappa shape index (κ3) is 2.71. The number of aryl methyl sites for hydroxylation is 1. The van der Waals surface area contributed by atoms with E-state index in [4.69, 9.17) is 0 Å². The van der Waals surface area contributed by atoms with Crippen LogP contribution in [0.2, 0.25) is 0 Å². The van der Waals surface area contributed by atoms with E-state index in [0.717, 1.165) is 24.2 Å². The average Bonchev–Trinajstić information content (AvgIpc) is 3.19. The van der Waals surface area contributed by atoms with E-state index in [1.54, 1.807) is 18.1 Å². The Kier molecular flexibility index (Phi) is 3.83. The summed E-state index contributed by atoms with van der Waals surface area (Å²) in [7, 11) is 1.67. The SMILES string of the molecule is Cn1c(=O)c(C(=O)N2CCC(c3ncc[nH]3)CC2)nc2ccccc21. The normalized spacial score (nSPS) is 15.6. The van der Waals surface area contributed by atoms with Crippen LogP contribution >= 0.6 is 0 Å². The standard InChI is InChI=1S/C18H19N5O2/c1-22-14-5-3-2-4-13(14)21-15(17(22)24)18(25)23-10-6-12(7-11-23)16-19-8-9-20-16/h2-5,8-9,12H,6-7,10-11H2,1H3,(H,19,20). The molecule has 0 spiro atoms. The number of carbonyl (C=O) groups excluding carboxylic acids is 1. The molecule has 4 rings (SSSR count). The van der Waals surface area contributed by atoms with Gasteiger partial charge in [0.15, 0.2) is 5.69 Å². The van der Waals surface area contributed by atoms with Gasteiger partial charge >= 0.3 is 0 Å². The number of amides is 1. The van der Waals surface area contributed by atoms with Gasteiger partial charge in [-0.05, 0) is 25.0 Å². The molecule has 0 bridgehead atoms. The number of benzene rings is 1. The molecule has 7 nitrogen and oxygen atoms in total. The minimum absolute atomic E-state index is 0.00218. The van der Waals surface area contributed by atoms with Crippen molar-refractivity contribution in [1.29, 1.82) is 0 Å². The van der Waals surface area contributed by atoms with E-state index in [1.165, 1.54) is 4.57 Å². The second kappa shape index (κ2) is 6.16. The number of aromatic amines is 1. The van der Waals surface area contributed by atoms with E-state index in [9.17, 15) is 9.59 Å². The Balaban J connectivity index is 1.59. The summed E-state index contributed by atoms with van der Waals surface area (Å²) in [5, 5.41) is 0. The minimum Gasteiger partial charge on any atom is -0.348 e. The molecule has 7 heteroatoms. The van der Waals surface area contributed by atoms with Gasteiger partial charge in [0.1, 0.15) is 5.82 Å². The first-order valence-corrected chi connectivity index (χ1v) is 8.39. The third-order valence-corrected chi connectivity index (χ3v) is 4.87. The van der Waals surface area contributed by atoms with Crippen molar-refractivity contribution in [3.8, 4) is 0 Å². The summed E-state index contributed by atoms with van der Waals surface area (Å²) < 4.78 is 1.49. The van der Waals surface area contributed by atoms with Crippen LogP contribution in [0.1, 0.15) is 35.1 Å². The van der Waals surface area contributed by atoms with Crippen molar-refractivity contribution in [3.05, 3.63) is 58.5 Å². The first-order chi connectivity index (χ1) is 12.1. The van der Waals surface area contributed by atoms with Gasteiger partial charge in [-0.2, -0.15) is 0 Å². The van der Waals surface area contributed by atoms with Gasteiger partial charge in [0.2, 0.25) is 0 Å². The van der Waals surface area contributed by atoms with Crippen LogP contribution in [0.25, 0.3) is 11.0 Å². The molecule has 3 aromatic rings. The van der Waals surface area contributed by atoms with E-state index < -0.39 is 0 Å². The maximum absolute atomic E-state index is 12.8. The number of likely N-dealkylation sites (tertiary alicyclic amines) is 1. The largest absolute Gasteiger partial charge is 0.348 e. The van der Waals surface area contributed by atoms with Gasteiger partial charge in [-0.3, -0.25) is 9.59 Å². The van der Waals surface area contributed by atoms with Gasteiger partial charge in [-0.15, -0.1) is 0 Å². The minimum atomic E-state index is -0.350. The smallest absolute Gasteiger partial charge is 0.282 e. The number of hydrogen-bond donors (Lipinski definition) is 1. The lowest BCUT2D eigenvalue weighted by Gasteiger charge is -2.30. The lowest BCUT2D eigenvalue weighted by molar-refractivity contribution is 0.0703. The zero-order chi connectivity index (χ0) is 17.4. The van der Waals surface area contributed by atoms with Crippen LogP contribution in [0.15, 0.2) is 41.5 Å². The first kappa shape index (κ1) is 15.6. The molecule has 0 atom stereocenters. The molecule has 3 heterocycles. The lowest BCUT2D eigenvalue weighted by atomic mass is 9.96. The summed E-state index contributed by atoms with van der Waals surface area (Å²) in [5.41, 5.74) is 1.02. The number of carbonyl (C=O) groups is 1. The highest BCUT2D eigenvalue weighted by atomic mass is 16.2. The molecule has 2 aromatic heterocycles. The van der Waals surface area contributed by atoms with Gasteiger partial charge < -0.3 is 14.5 Å². The van der Waals surface area contributed by atoms with Crippen LogP contribution in [-0.2, 0) is 7.05 Å². The highest BCUT2D eigenvalue weighted by molar-refractivity contribution is 5.94. The van der Waals surface area contributed by atoms with Crippen LogP contribution in [-0.4, -0.2) is 43.4 Å². The van der Waals surface area contributed by atoms with Gasteiger partial charge in [0, 0.05) is 38.4 Å². The summed E-state index contributed by atoms with van der Waals surface area (Å²) in [4.78, 5) is 38.9. The van der Waals surface area contributed by atoms with E-state index >= 15 is 0 Å². The fourth-order valence-corrected chi connectivity index (χ4v) is 3.42. The first-order valence-electron chi connectivity index (χ1n) is 8.39. The van der Waals surface area contributed by atoms with Crippen LogP contribution in [0.3, 0.4) is 0 Å². The molecule has 1 aliphatic rings. The topological polar surface area (TPSA) is 83.9 Å². The molecule has 1 aromatic carbocycles. The van der Waals surface area contributed by atoms with E-state index in [0.29, 0.717) is 24.5 Å². The summed E-state index contributed by atoms with van der Waals surface area (Å²) in [6.07, 6.45) is 5.21. The maximum atomic E-state index is 12.8. The Morgan fingerprint density at radius 1 is 1.24 bits per heavy atom. The molecule has 0 saturated carbocycles. The number of nitrogens with one attached hydrogen (secondary N) is 1. The van der Waals surface area contributed by atoms with Crippen molar-refractivity contribution < 1.29 is 4.79 Å². The number of aromatic nitrogens is 4. The number of rotatable bonds is 2. The molecule has 128 valence electrons. The number of nitrogens with zero attached hydrogens (tertiary/aromatic N) is 4. The van der Waals surface area contributed by atoms with Crippen molar-refractivity contribution in [1.82, 2.24) is 24.4 Å². The third-order valence-electron chi connectivity index (χ3n) is 4.87. The molecule has 0 radical (unpaired) electrons. The number of para-hydroxylation sites is 2. The van der Waals surface area contributed by atoms with Gasteiger partial charge in [0.25, 0.3) is 11.5 Å². The molecule has 25 heavy (non-hydrogen) atoms. The predicted molar refractivity (Wildman–Crippen MR) is 93.5 cm³/mol. The summed E-state index contributed by atoms with van der Waals surface area (Å²) >= 11 is 0. The number of H-pyrrole nitrogens is 1. The highest BCUT2D eigenvalue weighted by Gasteiger charge is 2.28. The second-order valence-corrected chi connectivity index (χ2v) is 6.35. The monoisotopic (exact) mass is 337 g/mol. The van der Waals surface area contributed by atoms with E-state index in [1.807, 2.05) is 30.5 Å². The van der Waals surface area contributed by atoms with Gasteiger partial charge in [-0.1, -0.05) is 12.1 Å². The van der Waals surface area contributed by atoms with Crippen molar-refractivity contribution in [2.24, 2.45) is 7.05 Å². The Labute approximate surface area is 144 Å². The zero-order valence-electron chi connectivity index (χ0n) is 14.0. The molecule has 1 saturated heterocycles.